The van der Waals surface area contributed by atoms with Gasteiger partial charge in [0.1, 0.15) is 6.61 Å². The number of hydrogen-bond donors (Lipinski definition) is 2. The molecule has 7 nitrogen and oxygen atoms in total. The van der Waals surface area contributed by atoms with Crippen molar-refractivity contribution in [1.29, 1.82) is 0 Å². The highest BCUT2D eigenvalue weighted by atomic mass is 35.5. The molecule has 1 fully saturated rings. The summed E-state index contributed by atoms with van der Waals surface area (Å²) in [5.41, 5.74) is 6.36. The van der Waals surface area contributed by atoms with Crippen LogP contribution >= 0.6 is 35.4 Å². The Labute approximate surface area is 242 Å². The van der Waals surface area contributed by atoms with Crippen LogP contribution in [0.3, 0.4) is 0 Å². The molecular weight excluding hydrogens is 553 g/mol. The second-order valence-corrected chi connectivity index (χ2v) is 10.5. The number of aromatic nitrogens is 2. The molecule has 0 unspecified atom stereocenters. The third-order valence-electron chi connectivity index (χ3n) is 6.73. The SMILES string of the molecule is COCC(=O)Nc1ccc(N2C(=S)N[C@@H](c3ccccn3)[C@@H]2c2cc(C)n(-c3cccc(Cl)c3)c2C)cc1Cl. The molecule has 10 heteroatoms. The van der Waals surface area contributed by atoms with E-state index in [1.807, 2.05) is 54.6 Å². The van der Waals surface area contributed by atoms with Gasteiger partial charge in [-0.05, 0) is 86.2 Å². The number of anilines is 2. The van der Waals surface area contributed by atoms with Crippen LogP contribution in [-0.4, -0.2) is 34.3 Å². The summed E-state index contributed by atoms with van der Waals surface area (Å²) in [6, 6.07) is 20.9. The van der Waals surface area contributed by atoms with Crippen LogP contribution < -0.4 is 15.5 Å². The van der Waals surface area contributed by atoms with Crippen LogP contribution in [0, 0.1) is 13.8 Å². The van der Waals surface area contributed by atoms with Gasteiger partial charge in [0.15, 0.2) is 5.11 Å². The Kier molecular flexibility index (Phi) is 7.91. The number of pyridine rings is 1. The number of amides is 1. The van der Waals surface area contributed by atoms with Crippen LogP contribution in [-0.2, 0) is 9.53 Å². The Morgan fingerprint density at radius 1 is 1.08 bits per heavy atom. The molecule has 2 atom stereocenters. The van der Waals surface area contributed by atoms with Crippen LogP contribution in [0.1, 0.15) is 34.7 Å². The van der Waals surface area contributed by atoms with Crippen LogP contribution in [0.4, 0.5) is 11.4 Å². The molecule has 1 saturated heterocycles. The van der Waals surface area contributed by atoms with Crippen molar-refractivity contribution >= 4 is 57.8 Å². The first-order chi connectivity index (χ1) is 18.8. The standard InChI is InChI=1S/C29H27Cl2N5O2S/c1-17-13-22(18(2)35(17)20-8-6-7-19(30)14-20)28-27(25-9-4-5-12-32-25)34-29(39)36(28)21-10-11-24(23(31)15-21)33-26(37)16-38-3/h4-15,27-28H,16H2,1-3H3,(H,33,37)(H,34,39)/t27-,28-/m0/s1. The monoisotopic (exact) mass is 579 g/mol. The zero-order valence-electron chi connectivity index (χ0n) is 21.6. The average molecular weight is 581 g/mol. The number of halogens is 2. The number of aryl methyl sites for hydroxylation is 1. The van der Waals surface area contributed by atoms with Crippen LogP contribution in [0.15, 0.2) is 72.9 Å². The number of ether oxygens (including phenoxy) is 1. The molecule has 2 aromatic carbocycles. The summed E-state index contributed by atoms with van der Waals surface area (Å²) < 4.78 is 7.10. The molecule has 0 saturated carbocycles. The van der Waals surface area contributed by atoms with Gasteiger partial charge in [-0.1, -0.05) is 35.3 Å². The number of nitrogens with one attached hydrogen (secondary N) is 2. The van der Waals surface area contributed by atoms with Crippen molar-refractivity contribution in [3.63, 3.8) is 0 Å². The van der Waals surface area contributed by atoms with Gasteiger partial charge in [0, 0.05) is 41.1 Å². The smallest absolute Gasteiger partial charge is 0.250 e. The van der Waals surface area contributed by atoms with Crippen molar-refractivity contribution in [2.24, 2.45) is 0 Å². The van der Waals surface area contributed by atoms with Crippen molar-refractivity contribution in [3.8, 4) is 5.69 Å². The van der Waals surface area contributed by atoms with Crippen LogP contribution in [0.2, 0.25) is 10.0 Å². The summed E-state index contributed by atoms with van der Waals surface area (Å²) in [6.07, 6.45) is 1.78. The number of benzene rings is 2. The maximum absolute atomic E-state index is 12.1. The van der Waals surface area contributed by atoms with Gasteiger partial charge < -0.3 is 24.8 Å². The van der Waals surface area contributed by atoms with Crippen molar-refractivity contribution < 1.29 is 9.53 Å². The van der Waals surface area contributed by atoms with Crippen LogP contribution in [0.25, 0.3) is 5.69 Å². The molecule has 0 radical (unpaired) electrons. The van der Waals surface area contributed by atoms with E-state index in [1.54, 1.807) is 12.3 Å². The minimum absolute atomic E-state index is 0.0612. The number of nitrogens with zero attached hydrogens (tertiary/aromatic N) is 3. The van der Waals surface area contributed by atoms with E-state index in [4.69, 9.17) is 40.2 Å². The van der Waals surface area contributed by atoms with Gasteiger partial charge in [-0.15, -0.1) is 0 Å². The number of hydrogen-bond acceptors (Lipinski definition) is 4. The normalized spacial score (nSPS) is 16.8. The largest absolute Gasteiger partial charge is 0.375 e. The third kappa shape index (κ3) is 5.38. The minimum Gasteiger partial charge on any atom is -0.375 e. The van der Waals surface area contributed by atoms with Crippen molar-refractivity contribution in [1.82, 2.24) is 14.9 Å². The molecule has 2 aromatic heterocycles. The Balaban J connectivity index is 1.61. The third-order valence-corrected chi connectivity index (χ3v) is 7.60. The fourth-order valence-electron chi connectivity index (χ4n) is 5.12. The highest BCUT2D eigenvalue weighted by Gasteiger charge is 2.42. The Bertz CT molecular complexity index is 1540. The fourth-order valence-corrected chi connectivity index (χ4v) is 5.87. The highest BCUT2D eigenvalue weighted by molar-refractivity contribution is 7.80. The van der Waals surface area contributed by atoms with Gasteiger partial charge in [0.2, 0.25) is 5.91 Å². The number of carbonyl (C=O) groups excluding carboxylic acids is 1. The first kappa shape index (κ1) is 27.1. The Morgan fingerprint density at radius 3 is 2.59 bits per heavy atom. The second-order valence-electron chi connectivity index (χ2n) is 9.28. The number of methoxy groups -OCH3 is 1. The van der Waals surface area contributed by atoms with E-state index in [2.05, 4.69) is 45.0 Å². The van der Waals surface area contributed by atoms with E-state index >= 15 is 0 Å². The molecule has 1 aliphatic heterocycles. The molecule has 39 heavy (non-hydrogen) atoms. The first-order valence-corrected chi connectivity index (χ1v) is 13.5. The summed E-state index contributed by atoms with van der Waals surface area (Å²) in [6.45, 7) is 4.11. The maximum atomic E-state index is 12.1. The quantitative estimate of drug-likeness (QED) is 0.242. The summed E-state index contributed by atoms with van der Waals surface area (Å²) in [5, 5.41) is 7.88. The molecule has 4 aromatic rings. The van der Waals surface area contributed by atoms with Crippen molar-refractivity contribution in [3.05, 3.63) is 106 Å². The fraction of sp³-hybridized carbons (Fsp3) is 0.207. The molecule has 1 amide bonds. The lowest BCUT2D eigenvalue weighted by Gasteiger charge is -2.28. The first-order valence-electron chi connectivity index (χ1n) is 12.3. The summed E-state index contributed by atoms with van der Waals surface area (Å²) >= 11 is 18.8. The van der Waals surface area contributed by atoms with Gasteiger partial charge in [0.25, 0.3) is 0 Å². The molecule has 2 N–H and O–H groups in total. The number of carbonyl (C=O) groups is 1. The lowest BCUT2D eigenvalue weighted by atomic mass is 9.96. The van der Waals surface area contributed by atoms with E-state index in [9.17, 15) is 4.79 Å². The van der Waals surface area contributed by atoms with Crippen molar-refractivity contribution in [2.75, 3.05) is 23.9 Å². The molecule has 1 aliphatic rings. The van der Waals surface area contributed by atoms with E-state index in [-0.39, 0.29) is 24.6 Å². The molecule has 200 valence electrons. The topological polar surface area (TPSA) is 71.4 Å². The molecule has 3 heterocycles. The van der Waals surface area contributed by atoms with E-state index in [0.29, 0.717) is 20.8 Å². The van der Waals surface area contributed by atoms with Gasteiger partial charge in [-0.2, -0.15) is 0 Å². The summed E-state index contributed by atoms with van der Waals surface area (Å²) in [4.78, 5) is 18.8. The van der Waals surface area contributed by atoms with Gasteiger partial charge in [0.05, 0.1) is 28.5 Å². The van der Waals surface area contributed by atoms with Gasteiger partial charge in [-0.25, -0.2) is 0 Å². The molecule has 0 bridgehead atoms. The lowest BCUT2D eigenvalue weighted by molar-refractivity contribution is -0.119. The van der Waals surface area contributed by atoms with Crippen molar-refractivity contribution in [2.45, 2.75) is 25.9 Å². The molecule has 0 spiro atoms. The number of thiocarbonyl (C=S) groups is 1. The molecular formula is C29H27Cl2N5O2S. The predicted molar refractivity (Wildman–Crippen MR) is 160 cm³/mol. The Hall–Kier alpha value is -3.43. The van der Waals surface area contributed by atoms with Gasteiger partial charge in [-0.3, -0.25) is 9.78 Å². The highest BCUT2D eigenvalue weighted by Crippen LogP contribution is 2.44. The maximum Gasteiger partial charge on any atom is 0.250 e. The van der Waals surface area contributed by atoms with Gasteiger partial charge >= 0.3 is 0 Å². The average Bonchev–Trinajstić information content (AvgIpc) is 3.40. The second kappa shape index (κ2) is 11.4. The van der Waals surface area contributed by atoms with E-state index < -0.39 is 0 Å². The zero-order chi connectivity index (χ0) is 27.7. The lowest BCUT2D eigenvalue weighted by Crippen LogP contribution is -2.29. The van der Waals surface area contributed by atoms with Crippen LogP contribution in [0.5, 0.6) is 0 Å². The summed E-state index contributed by atoms with van der Waals surface area (Å²) in [7, 11) is 1.47. The minimum atomic E-state index is -0.285. The predicted octanol–water partition coefficient (Wildman–Crippen LogP) is 6.56. The van der Waals surface area contributed by atoms with E-state index in [1.165, 1.54) is 7.11 Å². The zero-order valence-corrected chi connectivity index (χ0v) is 23.9. The molecule has 0 aliphatic carbocycles. The summed E-state index contributed by atoms with van der Waals surface area (Å²) in [5.74, 6) is -0.285. The number of rotatable bonds is 7. The van der Waals surface area contributed by atoms with E-state index in [0.717, 1.165) is 34.0 Å². The Morgan fingerprint density at radius 2 is 1.90 bits per heavy atom. The molecule has 5 rings (SSSR count).